The average molecular weight is 469 g/mol. The van der Waals surface area contributed by atoms with E-state index in [1.807, 2.05) is 30.3 Å². The summed E-state index contributed by atoms with van der Waals surface area (Å²) in [5.41, 5.74) is 3.07. The molecule has 4 nitrogen and oxygen atoms in total. The standard InChI is InChI=1S/C26H22Cl2O4/c27-17-10-7-16(19(28)13-17)14-31-18-11-8-15(9-12-18)24-25-20(29)3-1-5-22(25)32-23-6-2-4-21(30)26(23)24/h7-13,24H,1-6,14H2. The van der Waals surface area contributed by atoms with Crippen molar-refractivity contribution in [3.8, 4) is 5.75 Å². The number of hydrogen-bond donors (Lipinski definition) is 0. The Morgan fingerprint density at radius 2 is 1.47 bits per heavy atom. The lowest BCUT2D eigenvalue weighted by atomic mass is 9.73. The van der Waals surface area contributed by atoms with E-state index >= 15 is 0 Å². The topological polar surface area (TPSA) is 52.6 Å². The quantitative estimate of drug-likeness (QED) is 0.500. The first-order valence-electron chi connectivity index (χ1n) is 10.9. The maximum absolute atomic E-state index is 12.9. The maximum Gasteiger partial charge on any atom is 0.163 e. The molecular formula is C26H22Cl2O4. The molecule has 0 spiro atoms. The lowest BCUT2D eigenvalue weighted by Crippen LogP contribution is -2.30. The molecule has 1 heterocycles. The smallest absolute Gasteiger partial charge is 0.163 e. The Kier molecular flexibility index (Phi) is 5.83. The van der Waals surface area contributed by atoms with Gasteiger partial charge in [-0.25, -0.2) is 0 Å². The van der Waals surface area contributed by atoms with Gasteiger partial charge in [-0.2, -0.15) is 0 Å². The molecule has 0 unspecified atom stereocenters. The van der Waals surface area contributed by atoms with Crippen molar-refractivity contribution >= 4 is 34.8 Å². The van der Waals surface area contributed by atoms with E-state index in [-0.39, 0.29) is 17.5 Å². The lowest BCUT2D eigenvalue weighted by Gasteiger charge is -2.36. The number of benzene rings is 2. The molecule has 0 bridgehead atoms. The van der Waals surface area contributed by atoms with E-state index in [0.717, 1.165) is 48.3 Å². The molecule has 2 aromatic rings. The van der Waals surface area contributed by atoms with Gasteiger partial charge in [0.1, 0.15) is 23.9 Å². The zero-order chi connectivity index (χ0) is 22.2. The third-order valence-corrected chi connectivity index (χ3v) is 6.85. The van der Waals surface area contributed by atoms with E-state index in [1.54, 1.807) is 12.1 Å². The number of Topliss-reactive ketones (excluding diaryl/α,β-unsaturated/α-hetero) is 2. The molecular weight excluding hydrogens is 447 g/mol. The van der Waals surface area contributed by atoms with Crippen LogP contribution in [0.2, 0.25) is 10.0 Å². The average Bonchev–Trinajstić information content (AvgIpc) is 2.78. The molecule has 0 fully saturated rings. The zero-order valence-electron chi connectivity index (χ0n) is 17.5. The minimum absolute atomic E-state index is 0.0823. The summed E-state index contributed by atoms with van der Waals surface area (Å²) >= 11 is 12.2. The lowest BCUT2D eigenvalue weighted by molar-refractivity contribution is -0.117. The summed E-state index contributed by atoms with van der Waals surface area (Å²) in [5.74, 6) is 1.99. The molecule has 32 heavy (non-hydrogen) atoms. The van der Waals surface area contributed by atoms with Crippen LogP contribution in [0.15, 0.2) is 65.1 Å². The van der Waals surface area contributed by atoms with E-state index < -0.39 is 0 Å². The summed E-state index contributed by atoms with van der Waals surface area (Å²) < 4.78 is 12.0. The molecule has 2 aliphatic carbocycles. The fraction of sp³-hybridized carbons (Fsp3) is 0.308. The van der Waals surface area contributed by atoms with Crippen LogP contribution in [-0.4, -0.2) is 11.6 Å². The van der Waals surface area contributed by atoms with Crippen LogP contribution in [0.25, 0.3) is 0 Å². The van der Waals surface area contributed by atoms with Crippen molar-refractivity contribution in [3.63, 3.8) is 0 Å². The van der Waals surface area contributed by atoms with Crippen molar-refractivity contribution in [2.45, 2.75) is 51.0 Å². The first kappa shape index (κ1) is 21.3. The number of rotatable bonds is 4. The van der Waals surface area contributed by atoms with Crippen LogP contribution in [0.4, 0.5) is 0 Å². The first-order valence-corrected chi connectivity index (χ1v) is 11.6. The molecule has 0 atom stereocenters. The molecule has 5 rings (SSSR count). The highest BCUT2D eigenvalue weighted by Crippen LogP contribution is 2.47. The number of ether oxygens (including phenoxy) is 2. The Morgan fingerprint density at radius 1 is 0.844 bits per heavy atom. The Morgan fingerprint density at radius 3 is 2.06 bits per heavy atom. The van der Waals surface area contributed by atoms with Crippen LogP contribution in [0, 0.1) is 0 Å². The molecule has 1 aliphatic heterocycles. The highest BCUT2D eigenvalue weighted by molar-refractivity contribution is 6.35. The Hall–Kier alpha value is -2.56. The second kappa shape index (κ2) is 8.76. The zero-order valence-corrected chi connectivity index (χ0v) is 19.0. The van der Waals surface area contributed by atoms with Crippen LogP contribution < -0.4 is 4.74 Å². The third-order valence-electron chi connectivity index (χ3n) is 6.26. The summed E-state index contributed by atoms with van der Waals surface area (Å²) in [5, 5.41) is 1.14. The molecule has 164 valence electrons. The van der Waals surface area contributed by atoms with Gasteiger partial charge >= 0.3 is 0 Å². The van der Waals surface area contributed by atoms with Gasteiger partial charge in [-0.1, -0.05) is 41.4 Å². The Balaban J connectivity index is 1.43. The van der Waals surface area contributed by atoms with Gasteiger partial charge in [0, 0.05) is 58.4 Å². The summed E-state index contributed by atoms with van der Waals surface area (Å²) in [6.07, 6.45) is 4.07. The largest absolute Gasteiger partial charge is 0.489 e. The van der Waals surface area contributed by atoms with Gasteiger partial charge in [0.2, 0.25) is 0 Å². The number of carbonyl (C=O) groups is 2. The maximum atomic E-state index is 12.9. The van der Waals surface area contributed by atoms with Crippen LogP contribution >= 0.6 is 23.2 Å². The molecule has 0 N–H and O–H groups in total. The van der Waals surface area contributed by atoms with Gasteiger partial charge in [-0.15, -0.1) is 0 Å². The molecule has 2 aromatic carbocycles. The predicted molar refractivity (Wildman–Crippen MR) is 123 cm³/mol. The summed E-state index contributed by atoms with van der Waals surface area (Å²) in [6.45, 7) is 0.314. The summed E-state index contributed by atoms with van der Waals surface area (Å²) in [6, 6.07) is 12.9. The number of ketones is 2. The van der Waals surface area contributed by atoms with Crippen molar-refractivity contribution < 1.29 is 19.1 Å². The van der Waals surface area contributed by atoms with Gasteiger partial charge in [-0.05, 0) is 42.7 Å². The van der Waals surface area contributed by atoms with Crippen molar-refractivity contribution in [1.29, 1.82) is 0 Å². The van der Waals surface area contributed by atoms with E-state index in [9.17, 15) is 9.59 Å². The third kappa shape index (κ3) is 3.98. The van der Waals surface area contributed by atoms with E-state index in [0.29, 0.717) is 46.4 Å². The number of halogens is 2. The summed E-state index contributed by atoms with van der Waals surface area (Å²) in [4.78, 5) is 25.7. The van der Waals surface area contributed by atoms with Gasteiger partial charge in [0.15, 0.2) is 11.6 Å². The van der Waals surface area contributed by atoms with Crippen LogP contribution in [-0.2, 0) is 20.9 Å². The fourth-order valence-corrected chi connectivity index (χ4v) is 5.17. The number of allylic oxidation sites excluding steroid dienone is 4. The minimum Gasteiger partial charge on any atom is -0.489 e. The highest BCUT2D eigenvalue weighted by Gasteiger charge is 2.41. The van der Waals surface area contributed by atoms with Crippen molar-refractivity contribution in [3.05, 3.63) is 86.3 Å². The molecule has 0 radical (unpaired) electrons. The van der Waals surface area contributed by atoms with Crippen molar-refractivity contribution in [1.82, 2.24) is 0 Å². The molecule has 6 heteroatoms. The monoisotopic (exact) mass is 468 g/mol. The van der Waals surface area contributed by atoms with E-state index in [2.05, 4.69) is 0 Å². The van der Waals surface area contributed by atoms with Gasteiger partial charge < -0.3 is 9.47 Å². The Bertz CT molecular complexity index is 1120. The minimum atomic E-state index is -0.353. The predicted octanol–water partition coefficient (Wildman–Crippen LogP) is 6.70. The molecule has 3 aliphatic rings. The van der Waals surface area contributed by atoms with Crippen LogP contribution in [0.5, 0.6) is 5.75 Å². The van der Waals surface area contributed by atoms with Gasteiger partial charge in [0.05, 0.1) is 0 Å². The molecule has 0 amide bonds. The van der Waals surface area contributed by atoms with Crippen LogP contribution in [0.3, 0.4) is 0 Å². The van der Waals surface area contributed by atoms with E-state index in [4.69, 9.17) is 32.7 Å². The first-order chi connectivity index (χ1) is 15.5. The van der Waals surface area contributed by atoms with Crippen molar-refractivity contribution in [2.75, 3.05) is 0 Å². The van der Waals surface area contributed by atoms with Crippen LogP contribution in [0.1, 0.15) is 55.6 Å². The van der Waals surface area contributed by atoms with E-state index in [1.165, 1.54) is 0 Å². The number of carbonyl (C=O) groups excluding carboxylic acids is 2. The normalized spacial score (nSPS) is 18.9. The Labute approximate surface area is 196 Å². The molecule has 0 saturated carbocycles. The number of hydrogen-bond acceptors (Lipinski definition) is 4. The second-order valence-electron chi connectivity index (χ2n) is 8.36. The fourth-order valence-electron chi connectivity index (χ4n) is 4.71. The highest BCUT2D eigenvalue weighted by atomic mass is 35.5. The molecule has 0 saturated heterocycles. The van der Waals surface area contributed by atoms with Crippen molar-refractivity contribution in [2.24, 2.45) is 0 Å². The van der Waals surface area contributed by atoms with Gasteiger partial charge in [0.25, 0.3) is 0 Å². The SMILES string of the molecule is O=C1CCCC2=C1C(c1ccc(OCc3ccc(Cl)cc3Cl)cc1)C1=C(CCCC1=O)O2. The molecule has 0 aromatic heterocycles. The second-order valence-corrected chi connectivity index (χ2v) is 9.20. The van der Waals surface area contributed by atoms with Gasteiger partial charge in [-0.3, -0.25) is 9.59 Å². The summed E-state index contributed by atoms with van der Waals surface area (Å²) in [7, 11) is 0.